The summed E-state index contributed by atoms with van der Waals surface area (Å²) in [6.07, 6.45) is 4.00. The van der Waals surface area contributed by atoms with E-state index in [0.717, 1.165) is 11.3 Å². The molecule has 1 amide bonds. The average molecular weight is 257 g/mol. The van der Waals surface area contributed by atoms with Gasteiger partial charge in [0.15, 0.2) is 0 Å². The Bertz CT molecular complexity index is 532. The van der Waals surface area contributed by atoms with Gasteiger partial charge in [-0.15, -0.1) is 0 Å². The first-order chi connectivity index (χ1) is 9.16. The van der Waals surface area contributed by atoms with Crippen LogP contribution in [0.4, 0.5) is 5.69 Å². The van der Waals surface area contributed by atoms with Gasteiger partial charge in [0.1, 0.15) is 0 Å². The van der Waals surface area contributed by atoms with Gasteiger partial charge in [0.25, 0.3) is 0 Å². The number of aryl methyl sites for hydroxylation is 1. The molecular formula is C15H19N3O. The van der Waals surface area contributed by atoms with Crippen molar-refractivity contribution in [2.75, 3.05) is 5.32 Å². The van der Waals surface area contributed by atoms with Crippen LogP contribution in [0.3, 0.4) is 0 Å². The summed E-state index contributed by atoms with van der Waals surface area (Å²) < 4.78 is 1.76. The molecule has 0 saturated heterocycles. The van der Waals surface area contributed by atoms with Gasteiger partial charge in [-0.2, -0.15) is 5.10 Å². The topological polar surface area (TPSA) is 46.9 Å². The smallest absolute Gasteiger partial charge is 0.226 e. The number of para-hydroxylation sites is 1. The number of amides is 1. The quantitative estimate of drug-likeness (QED) is 0.895. The molecule has 0 bridgehead atoms. The molecule has 0 saturated carbocycles. The van der Waals surface area contributed by atoms with Crippen LogP contribution in [0.2, 0.25) is 0 Å². The molecule has 0 aliphatic heterocycles. The molecule has 1 heterocycles. The summed E-state index contributed by atoms with van der Waals surface area (Å²) in [5, 5.41) is 7.05. The van der Waals surface area contributed by atoms with E-state index in [0.29, 0.717) is 18.9 Å². The Kier molecular flexibility index (Phi) is 4.34. The third-order valence-electron chi connectivity index (χ3n) is 2.98. The van der Waals surface area contributed by atoms with Crippen LogP contribution in [0.25, 0.3) is 0 Å². The van der Waals surface area contributed by atoms with E-state index in [1.807, 2.05) is 36.5 Å². The number of anilines is 1. The molecule has 0 unspecified atom stereocenters. The summed E-state index contributed by atoms with van der Waals surface area (Å²) in [4.78, 5) is 11.9. The van der Waals surface area contributed by atoms with Crippen LogP contribution >= 0.6 is 0 Å². The van der Waals surface area contributed by atoms with Crippen LogP contribution in [0.15, 0.2) is 42.7 Å². The molecule has 4 heteroatoms. The monoisotopic (exact) mass is 257 g/mol. The lowest BCUT2D eigenvalue weighted by Crippen LogP contribution is -2.16. The van der Waals surface area contributed by atoms with Gasteiger partial charge in [0.2, 0.25) is 5.91 Å². The average Bonchev–Trinajstić information content (AvgIpc) is 2.90. The minimum Gasteiger partial charge on any atom is -0.326 e. The minimum atomic E-state index is 0.0172. The Morgan fingerprint density at radius 1 is 1.32 bits per heavy atom. The highest BCUT2D eigenvalue weighted by atomic mass is 16.1. The zero-order valence-corrected chi connectivity index (χ0v) is 11.3. The zero-order valence-electron chi connectivity index (χ0n) is 11.3. The maximum atomic E-state index is 11.9. The predicted molar refractivity (Wildman–Crippen MR) is 76.0 cm³/mol. The second-order valence-corrected chi connectivity index (χ2v) is 4.81. The molecule has 2 rings (SSSR count). The summed E-state index contributed by atoms with van der Waals surface area (Å²) >= 11 is 0. The molecule has 0 radical (unpaired) electrons. The third kappa shape index (κ3) is 3.68. The van der Waals surface area contributed by atoms with Crippen LogP contribution < -0.4 is 5.32 Å². The first kappa shape index (κ1) is 13.3. The lowest BCUT2D eigenvalue weighted by atomic mass is 10.0. The van der Waals surface area contributed by atoms with E-state index in [2.05, 4.69) is 24.3 Å². The van der Waals surface area contributed by atoms with Gasteiger partial charge < -0.3 is 5.32 Å². The number of rotatable bonds is 5. The minimum absolute atomic E-state index is 0.0172. The van der Waals surface area contributed by atoms with Crippen molar-refractivity contribution < 1.29 is 4.79 Å². The van der Waals surface area contributed by atoms with Crippen molar-refractivity contribution in [1.82, 2.24) is 9.78 Å². The van der Waals surface area contributed by atoms with E-state index in [1.165, 1.54) is 0 Å². The second-order valence-electron chi connectivity index (χ2n) is 4.81. The normalized spacial score (nSPS) is 10.7. The van der Waals surface area contributed by atoms with E-state index in [9.17, 15) is 4.79 Å². The first-order valence-electron chi connectivity index (χ1n) is 6.53. The Morgan fingerprint density at radius 2 is 2.11 bits per heavy atom. The van der Waals surface area contributed by atoms with Gasteiger partial charge in [0, 0.05) is 31.0 Å². The molecule has 0 fully saturated rings. The van der Waals surface area contributed by atoms with Crippen LogP contribution in [-0.2, 0) is 11.3 Å². The molecular weight excluding hydrogens is 238 g/mol. The molecule has 0 aliphatic carbocycles. The van der Waals surface area contributed by atoms with Crippen molar-refractivity contribution in [2.45, 2.75) is 32.7 Å². The van der Waals surface area contributed by atoms with Crippen molar-refractivity contribution in [3.63, 3.8) is 0 Å². The van der Waals surface area contributed by atoms with Crippen LogP contribution in [-0.4, -0.2) is 15.7 Å². The lowest BCUT2D eigenvalue weighted by molar-refractivity contribution is -0.116. The maximum absolute atomic E-state index is 11.9. The van der Waals surface area contributed by atoms with Crippen molar-refractivity contribution in [3.8, 4) is 0 Å². The standard InChI is InChI=1S/C15H19N3O/c1-12(2)13-6-3-4-7-14(13)17-15(19)8-11-18-10-5-9-16-18/h3-7,9-10,12H,8,11H2,1-2H3,(H,17,19). The van der Waals surface area contributed by atoms with E-state index >= 15 is 0 Å². The summed E-state index contributed by atoms with van der Waals surface area (Å²) in [5.74, 6) is 0.409. The molecule has 0 atom stereocenters. The largest absolute Gasteiger partial charge is 0.326 e. The highest BCUT2D eigenvalue weighted by molar-refractivity contribution is 5.91. The van der Waals surface area contributed by atoms with E-state index in [-0.39, 0.29) is 5.91 Å². The maximum Gasteiger partial charge on any atom is 0.226 e. The van der Waals surface area contributed by atoms with E-state index in [4.69, 9.17) is 0 Å². The zero-order chi connectivity index (χ0) is 13.7. The first-order valence-corrected chi connectivity index (χ1v) is 6.53. The molecule has 0 spiro atoms. The number of nitrogens with zero attached hydrogens (tertiary/aromatic N) is 2. The summed E-state index contributed by atoms with van der Waals surface area (Å²) in [7, 11) is 0. The fourth-order valence-electron chi connectivity index (χ4n) is 1.98. The van der Waals surface area contributed by atoms with E-state index < -0.39 is 0 Å². The summed E-state index contributed by atoms with van der Waals surface area (Å²) in [6.45, 7) is 4.84. The molecule has 19 heavy (non-hydrogen) atoms. The summed E-state index contributed by atoms with van der Waals surface area (Å²) in [6, 6.07) is 9.78. The highest BCUT2D eigenvalue weighted by Gasteiger charge is 2.09. The molecule has 1 N–H and O–H groups in total. The second kappa shape index (κ2) is 6.18. The van der Waals surface area contributed by atoms with Gasteiger partial charge in [-0.25, -0.2) is 0 Å². The number of aromatic nitrogens is 2. The van der Waals surface area contributed by atoms with Crippen molar-refractivity contribution in [3.05, 3.63) is 48.3 Å². The third-order valence-corrected chi connectivity index (χ3v) is 2.98. The van der Waals surface area contributed by atoms with Gasteiger partial charge in [-0.3, -0.25) is 9.48 Å². The van der Waals surface area contributed by atoms with Crippen LogP contribution in [0.5, 0.6) is 0 Å². The fraction of sp³-hybridized carbons (Fsp3) is 0.333. The molecule has 1 aromatic heterocycles. The molecule has 2 aromatic rings. The lowest BCUT2D eigenvalue weighted by Gasteiger charge is -2.13. The number of hydrogen-bond acceptors (Lipinski definition) is 2. The van der Waals surface area contributed by atoms with Crippen molar-refractivity contribution >= 4 is 11.6 Å². The Labute approximate surface area is 113 Å². The number of carbonyl (C=O) groups excluding carboxylic acids is 1. The van der Waals surface area contributed by atoms with Gasteiger partial charge in [0.05, 0.1) is 0 Å². The molecule has 0 aliphatic rings. The Hall–Kier alpha value is -2.10. The van der Waals surface area contributed by atoms with Crippen LogP contribution in [0, 0.1) is 0 Å². The van der Waals surface area contributed by atoms with Crippen LogP contribution in [0.1, 0.15) is 31.7 Å². The van der Waals surface area contributed by atoms with Crippen molar-refractivity contribution in [1.29, 1.82) is 0 Å². The molecule has 100 valence electrons. The number of hydrogen-bond donors (Lipinski definition) is 1. The van der Waals surface area contributed by atoms with Gasteiger partial charge >= 0.3 is 0 Å². The predicted octanol–water partition coefficient (Wildman–Crippen LogP) is 3.04. The van der Waals surface area contributed by atoms with E-state index in [1.54, 1.807) is 10.9 Å². The number of benzene rings is 1. The SMILES string of the molecule is CC(C)c1ccccc1NC(=O)CCn1cccn1. The molecule has 1 aromatic carbocycles. The highest BCUT2D eigenvalue weighted by Crippen LogP contribution is 2.23. The Morgan fingerprint density at radius 3 is 2.79 bits per heavy atom. The van der Waals surface area contributed by atoms with Gasteiger partial charge in [-0.05, 0) is 23.6 Å². The number of carbonyl (C=O) groups is 1. The summed E-state index contributed by atoms with van der Waals surface area (Å²) in [5.41, 5.74) is 2.07. The number of nitrogens with one attached hydrogen (secondary N) is 1. The fourth-order valence-corrected chi connectivity index (χ4v) is 1.98. The Balaban J connectivity index is 1.95. The van der Waals surface area contributed by atoms with Crippen molar-refractivity contribution in [2.24, 2.45) is 0 Å². The molecule has 4 nitrogen and oxygen atoms in total. The van der Waals surface area contributed by atoms with Gasteiger partial charge in [-0.1, -0.05) is 32.0 Å².